The van der Waals surface area contributed by atoms with Crippen LogP contribution in [0.25, 0.3) is 0 Å². The lowest BCUT2D eigenvalue weighted by Gasteiger charge is -1.85. The Morgan fingerprint density at radius 2 is 2.00 bits per heavy atom. The monoisotopic (exact) mass is 119 g/mol. The fourth-order valence-corrected chi connectivity index (χ4v) is 0.866. The van der Waals surface area contributed by atoms with Gasteiger partial charge in [0.1, 0.15) is 12.5 Å². The highest BCUT2D eigenvalue weighted by atomic mass is 32.2. The molecule has 7 heavy (non-hydrogen) atoms. The molecule has 0 saturated carbocycles. The molecule has 0 saturated heterocycles. The zero-order valence-electron chi connectivity index (χ0n) is 5.02. The lowest BCUT2D eigenvalue weighted by atomic mass is 10.6. The molecule has 0 aromatic heterocycles. The molecule has 0 aromatic rings. The molecule has 0 amide bonds. The fourth-order valence-electron chi connectivity index (χ4n) is 0.289. The van der Waals surface area contributed by atoms with E-state index in [-0.39, 0.29) is 10.9 Å². The van der Waals surface area contributed by atoms with Gasteiger partial charge in [-0.1, -0.05) is 6.92 Å². The first-order chi connectivity index (χ1) is 3.18. The van der Waals surface area contributed by atoms with Crippen molar-refractivity contribution in [1.29, 1.82) is 0 Å². The second-order valence-electron chi connectivity index (χ2n) is 1.54. The van der Waals surface area contributed by atoms with Crippen molar-refractivity contribution in [2.75, 3.05) is 12.5 Å². The molecule has 42 valence electrons. The molecule has 0 aliphatic rings. The van der Waals surface area contributed by atoms with Crippen LogP contribution in [0.1, 0.15) is 13.3 Å². The number of carbonyl (C=O) groups is 1. The maximum atomic E-state index is 10.5. The molecule has 2 heteroatoms. The van der Waals surface area contributed by atoms with Crippen molar-refractivity contribution in [2.24, 2.45) is 0 Å². The lowest BCUT2D eigenvalue weighted by molar-refractivity contribution is -0.110. The van der Waals surface area contributed by atoms with Gasteiger partial charge in [0, 0.05) is 0 Å². The summed E-state index contributed by atoms with van der Waals surface area (Å²) in [5, 5.41) is 0.375. The van der Waals surface area contributed by atoms with Crippen LogP contribution in [-0.4, -0.2) is 17.6 Å². The van der Waals surface area contributed by atoms with Gasteiger partial charge in [-0.2, -0.15) is 0 Å². The maximum absolute atomic E-state index is 10.5. The second kappa shape index (κ2) is 3.08. The summed E-state index contributed by atoms with van der Waals surface area (Å²) in [5.74, 6) is 0. The van der Waals surface area contributed by atoms with Crippen LogP contribution in [0.4, 0.5) is 0 Å². The van der Waals surface area contributed by atoms with E-state index in [0.29, 0.717) is 11.5 Å². The number of rotatable bonds is 1. The van der Waals surface area contributed by atoms with Crippen molar-refractivity contribution >= 4 is 16.0 Å². The van der Waals surface area contributed by atoms with E-state index in [1.54, 1.807) is 0 Å². The van der Waals surface area contributed by atoms with Gasteiger partial charge in [-0.15, -0.1) is 0 Å². The van der Waals surface area contributed by atoms with E-state index >= 15 is 0 Å². The Kier molecular flexibility index (Phi) is 3.09. The van der Waals surface area contributed by atoms with Crippen LogP contribution < -0.4 is 0 Å². The summed E-state index contributed by atoms with van der Waals surface area (Å²) in [6.45, 7) is 1.90. The third-order valence-corrected chi connectivity index (χ3v) is 1.94. The van der Waals surface area contributed by atoms with E-state index < -0.39 is 0 Å². The van der Waals surface area contributed by atoms with Crippen LogP contribution in [0.15, 0.2) is 0 Å². The Bertz CT molecular complexity index is 68.5. The highest BCUT2D eigenvalue weighted by Crippen LogP contribution is 1.89. The van der Waals surface area contributed by atoms with Gasteiger partial charge in [0.25, 0.3) is 0 Å². The second-order valence-corrected chi connectivity index (χ2v) is 3.63. The van der Waals surface area contributed by atoms with Crippen LogP contribution in [0.5, 0.6) is 0 Å². The lowest BCUT2D eigenvalue weighted by Crippen LogP contribution is -2.08. The highest BCUT2D eigenvalue weighted by Gasteiger charge is 2.11. The van der Waals surface area contributed by atoms with Crippen molar-refractivity contribution < 1.29 is 4.79 Å². The molecular formula is C5H11OS+. The molecule has 0 fully saturated rings. The predicted molar refractivity (Wildman–Crippen MR) is 34.5 cm³/mol. The molecule has 0 radical (unpaired) electrons. The smallest absolute Gasteiger partial charge is 0.238 e. The molecule has 0 N–H and O–H groups in total. The highest BCUT2D eigenvalue weighted by molar-refractivity contribution is 8.09. The third kappa shape index (κ3) is 2.68. The van der Waals surface area contributed by atoms with Crippen molar-refractivity contribution in [3.05, 3.63) is 0 Å². The largest absolute Gasteiger partial charge is 0.330 e. The number of hydrogen-bond donors (Lipinski definition) is 0. The molecule has 0 heterocycles. The molecule has 0 spiro atoms. The van der Waals surface area contributed by atoms with Crippen molar-refractivity contribution in [1.82, 2.24) is 0 Å². The fraction of sp³-hybridized carbons (Fsp3) is 0.800. The molecule has 0 atom stereocenters. The summed E-state index contributed by atoms with van der Waals surface area (Å²) in [6, 6.07) is 0. The average molecular weight is 119 g/mol. The van der Waals surface area contributed by atoms with Gasteiger partial charge >= 0.3 is 5.12 Å². The number of carbonyl (C=O) groups excluding carboxylic acids is 1. The summed E-state index contributed by atoms with van der Waals surface area (Å²) < 4.78 is 0. The van der Waals surface area contributed by atoms with Gasteiger partial charge in [0.05, 0.1) is 17.3 Å². The normalized spacial score (nSPS) is 9.71. The predicted octanol–water partition coefficient (Wildman–Crippen LogP) is 0.801. The Balaban J connectivity index is 3.35. The van der Waals surface area contributed by atoms with E-state index in [2.05, 4.69) is 0 Å². The van der Waals surface area contributed by atoms with E-state index in [0.717, 1.165) is 0 Å². The van der Waals surface area contributed by atoms with Gasteiger partial charge in [0.15, 0.2) is 0 Å². The molecular weight excluding hydrogens is 108 g/mol. The van der Waals surface area contributed by atoms with E-state index in [1.165, 1.54) is 0 Å². The van der Waals surface area contributed by atoms with Crippen LogP contribution >= 0.6 is 0 Å². The van der Waals surface area contributed by atoms with Crippen LogP contribution in [0, 0.1) is 0 Å². The van der Waals surface area contributed by atoms with Gasteiger partial charge in [-0.05, 0) is 0 Å². The minimum absolute atomic E-state index is 0.000772. The first-order valence-electron chi connectivity index (χ1n) is 2.29. The maximum Gasteiger partial charge on any atom is 0.330 e. The molecule has 0 aromatic carbocycles. The molecule has 0 unspecified atom stereocenters. The Morgan fingerprint density at radius 3 is 2.00 bits per heavy atom. The summed E-state index contributed by atoms with van der Waals surface area (Å²) in [5.41, 5.74) is 0. The molecule has 0 rings (SSSR count). The first kappa shape index (κ1) is 7.02. The van der Waals surface area contributed by atoms with Crippen LogP contribution in [0.3, 0.4) is 0 Å². The standard InChI is InChI=1S/C5H11OS/c1-4-5(6)7(2)3/h4H2,1-3H3/q+1. The summed E-state index contributed by atoms with van der Waals surface area (Å²) in [6.07, 6.45) is 4.59. The summed E-state index contributed by atoms with van der Waals surface area (Å²) >= 11 is 0. The average Bonchev–Trinajstić information content (AvgIpc) is 1.65. The van der Waals surface area contributed by atoms with Crippen LogP contribution in [0.2, 0.25) is 0 Å². The van der Waals surface area contributed by atoms with Crippen molar-refractivity contribution in [3.63, 3.8) is 0 Å². The summed E-state index contributed by atoms with van der Waals surface area (Å²) in [7, 11) is 0.000772. The molecule has 0 aliphatic carbocycles. The Hall–Kier alpha value is 0.0200. The zero-order chi connectivity index (χ0) is 5.86. The molecule has 0 bridgehead atoms. The molecule has 0 aliphatic heterocycles. The zero-order valence-corrected chi connectivity index (χ0v) is 5.84. The van der Waals surface area contributed by atoms with Gasteiger partial charge in [-0.25, -0.2) is 4.79 Å². The topological polar surface area (TPSA) is 17.1 Å². The van der Waals surface area contributed by atoms with Gasteiger partial charge in [0.2, 0.25) is 0 Å². The quantitative estimate of drug-likeness (QED) is 0.467. The van der Waals surface area contributed by atoms with E-state index in [9.17, 15) is 4.79 Å². The number of hydrogen-bond acceptors (Lipinski definition) is 1. The van der Waals surface area contributed by atoms with Gasteiger partial charge in [-0.3, -0.25) is 0 Å². The summed E-state index contributed by atoms with van der Waals surface area (Å²) in [4.78, 5) is 10.5. The first-order valence-corrected chi connectivity index (χ1v) is 4.33. The molecule has 1 nitrogen and oxygen atoms in total. The minimum atomic E-state index is 0.000772. The van der Waals surface area contributed by atoms with Crippen molar-refractivity contribution in [2.45, 2.75) is 13.3 Å². The minimum Gasteiger partial charge on any atom is -0.238 e. The van der Waals surface area contributed by atoms with E-state index in [4.69, 9.17) is 0 Å². The Morgan fingerprint density at radius 1 is 1.57 bits per heavy atom. The van der Waals surface area contributed by atoms with Crippen molar-refractivity contribution in [3.8, 4) is 0 Å². The van der Waals surface area contributed by atoms with E-state index in [1.807, 2.05) is 19.4 Å². The van der Waals surface area contributed by atoms with Gasteiger partial charge < -0.3 is 0 Å². The van der Waals surface area contributed by atoms with Crippen LogP contribution in [-0.2, 0) is 15.7 Å². The Labute approximate surface area is 47.5 Å². The SMILES string of the molecule is CCC(=O)[S+](C)C. The third-order valence-electron chi connectivity index (χ3n) is 0.744.